The van der Waals surface area contributed by atoms with E-state index in [2.05, 4.69) is 18.3 Å². The van der Waals surface area contributed by atoms with Gasteiger partial charge in [-0.25, -0.2) is 4.98 Å². The minimum Gasteiger partial charge on any atom is -0.454 e. The summed E-state index contributed by atoms with van der Waals surface area (Å²) in [6.45, 7) is 4.94. The number of benzene rings is 3. The van der Waals surface area contributed by atoms with Crippen molar-refractivity contribution in [3.05, 3.63) is 87.8 Å². The zero-order valence-electron chi connectivity index (χ0n) is 21.2. The summed E-state index contributed by atoms with van der Waals surface area (Å²) in [6.07, 6.45) is 1.83. The van der Waals surface area contributed by atoms with Gasteiger partial charge in [0.15, 0.2) is 16.6 Å². The third-order valence-corrected chi connectivity index (χ3v) is 7.85. The molecule has 0 radical (unpaired) electrons. The van der Waals surface area contributed by atoms with Crippen LogP contribution in [0.5, 0.6) is 11.5 Å². The number of nitrogens with one attached hydrogen (secondary N) is 1. The Kier molecular flexibility index (Phi) is 6.33. The lowest BCUT2D eigenvalue weighted by Gasteiger charge is -2.19. The molecule has 0 bridgehead atoms. The first-order chi connectivity index (χ1) is 18.5. The molecule has 0 aliphatic carbocycles. The van der Waals surface area contributed by atoms with E-state index in [0.717, 1.165) is 56.9 Å². The number of aromatic nitrogens is 1. The van der Waals surface area contributed by atoms with Crippen molar-refractivity contribution in [2.45, 2.75) is 33.1 Å². The van der Waals surface area contributed by atoms with Crippen LogP contribution >= 0.6 is 11.3 Å². The first-order valence-electron chi connectivity index (χ1n) is 12.7. The first kappa shape index (κ1) is 24.2. The fraction of sp³-hybridized carbons (Fsp3) is 0.233. The SMILES string of the molecule is CCc1ccccc1C(=O)N1CCc2cc(-c3nc(NC(=O)Cc4ccc5c(c4)OCO5)sc3C)ccc21. The standard InChI is InChI=1S/C30H27N3O4S/c1-3-20-6-4-5-7-23(20)29(35)33-13-12-21-16-22(9-10-24(21)33)28-18(2)38-30(32-28)31-27(34)15-19-8-11-25-26(14-19)37-17-36-25/h4-11,14,16H,3,12-13,15,17H2,1-2H3,(H,31,32,34). The Morgan fingerprint density at radius 3 is 2.76 bits per heavy atom. The van der Waals surface area contributed by atoms with E-state index in [0.29, 0.717) is 23.2 Å². The zero-order valence-corrected chi connectivity index (χ0v) is 22.1. The summed E-state index contributed by atoms with van der Waals surface area (Å²) in [5.74, 6) is 1.27. The number of fused-ring (bicyclic) bond motifs is 2. The van der Waals surface area contributed by atoms with Crippen molar-refractivity contribution in [2.24, 2.45) is 0 Å². The molecule has 1 N–H and O–H groups in total. The number of amides is 2. The van der Waals surface area contributed by atoms with Crippen LogP contribution in [0.15, 0.2) is 60.7 Å². The van der Waals surface area contributed by atoms with Crippen molar-refractivity contribution in [2.75, 3.05) is 23.6 Å². The number of hydrogen-bond acceptors (Lipinski definition) is 6. The van der Waals surface area contributed by atoms with Gasteiger partial charge in [0.25, 0.3) is 5.91 Å². The molecule has 0 atom stereocenters. The molecule has 6 rings (SSSR count). The Hall–Kier alpha value is -4.17. The highest BCUT2D eigenvalue weighted by Crippen LogP contribution is 2.37. The highest BCUT2D eigenvalue weighted by atomic mass is 32.1. The van der Waals surface area contributed by atoms with Crippen LogP contribution < -0.4 is 19.7 Å². The van der Waals surface area contributed by atoms with Crippen molar-refractivity contribution in [1.82, 2.24) is 4.98 Å². The molecular formula is C30H27N3O4S. The first-order valence-corrected chi connectivity index (χ1v) is 13.5. The Labute approximate surface area is 225 Å². The fourth-order valence-electron chi connectivity index (χ4n) is 5.06. The normalized spacial score (nSPS) is 13.5. The lowest BCUT2D eigenvalue weighted by atomic mass is 10.0. The van der Waals surface area contributed by atoms with Crippen LogP contribution in [0, 0.1) is 6.92 Å². The van der Waals surface area contributed by atoms with Gasteiger partial charge in [-0.1, -0.05) is 37.3 Å². The van der Waals surface area contributed by atoms with E-state index >= 15 is 0 Å². The maximum Gasteiger partial charge on any atom is 0.258 e. The van der Waals surface area contributed by atoms with Crippen LogP contribution in [0.2, 0.25) is 0 Å². The monoisotopic (exact) mass is 525 g/mol. The smallest absolute Gasteiger partial charge is 0.258 e. The molecule has 2 amide bonds. The molecule has 2 aliphatic heterocycles. The molecule has 1 aromatic heterocycles. The van der Waals surface area contributed by atoms with Gasteiger partial charge in [-0.05, 0) is 66.8 Å². The molecule has 0 saturated carbocycles. The van der Waals surface area contributed by atoms with E-state index in [1.54, 1.807) is 0 Å². The maximum absolute atomic E-state index is 13.4. The summed E-state index contributed by atoms with van der Waals surface area (Å²) in [4.78, 5) is 33.7. The van der Waals surface area contributed by atoms with E-state index in [-0.39, 0.29) is 25.0 Å². The van der Waals surface area contributed by atoms with E-state index in [9.17, 15) is 9.59 Å². The van der Waals surface area contributed by atoms with Crippen molar-refractivity contribution in [3.8, 4) is 22.8 Å². The second-order valence-electron chi connectivity index (χ2n) is 9.40. The van der Waals surface area contributed by atoms with Crippen LogP contribution in [0.25, 0.3) is 11.3 Å². The Morgan fingerprint density at radius 2 is 1.89 bits per heavy atom. The second-order valence-corrected chi connectivity index (χ2v) is 10.6. The molecule has 0 saturated heterocycles. The Balaban J connectivity index is 1.17. The van der Waals surface area contributed by atoms with Crippen LogP contribution in [0.3, 0.4) is 0 Å². The molecule has 0 unspecified atom stereocenters. The number of nitrogens with zero attached hydrogens (tertiary/aromatic N) is 2. The van der Waals surface area contributed by atoms with Gasteiger partial charge in [0.1, 0.15) is 0 Å². The topological polar surface area (TPSA) is 80.8 Å². The molecule has 2 aliphatic rings. The minimum absolute atomic E-state index is 0.0475. The van der Waals surface area contributed by atoms with Gasteiger partial charge in [0.05, 0.1) is 12.1 Å². The summed E-state index contributed by atoms with van der Waals surface area (Å²) in [5, 5.41) is 3.50. The lowest BCUT2D eigenvalue weighted by molar-refractivity contribution is -0.115. The van der Waals surface area contributed by atoms with Crippen LogP contribution in [0.1, 0.15) is 38.8 Å². The molecule has 192 valence electrons. The van der Waals surface area contributed by atoms with E-state index in [1.807, 2.05) is 66.4 Å². The summed E-state index contributed by atoms with van der Waals surface area (Å²) >= 11 is 1.46. The van der Waals surface area contributed by atoms with Gasteiger partial charge in [0.2, 0.25) is 12.7 Å². The molecule has 4 aromatic rings. The summed E-state index contributed by atoms with van der Waals surface area (Å²) < 4.78 is 10.7. The maximum atomic E-state index is 13.4. The number of carbonyl (C=O) groups excluding carboxylic acids is 2. The second kappa shape index (κ2) is 9.95. The molecule has 0 spiro atoms. The van der Waals surface area contributed by atoms with Gasteiger partial charge in [-0.2, -0.15) is 0 Å². The van der Waals surface area contributed by atoms with Crippen molar-refractivity contribution < 1.29 is 19.1 Å². The largest absolute Gasteiger partial charge is 0.454 e. The average molecular weight is 526 g/mol. The quantitative estimate of drug-likeness (QED) is 0.344. The van der Waals surface area contributed by atoms with Gasteiger partial charge in [-0.15, -0.1) is 11.3 Å². The number of aryl methyl sites for hydroxylation is 2. The number of hydrogen-bond donors (Lipinski definition) is 1. The minimum atomic E-state index is -0.139. The third-order valence-electron chi connectivity index (χ3n) is 6.97. The van der Waals surface area contributed by atoms with E-state index < -0.39 is 0 Å². The van der Waals surface area contributed by atoms with Gasteiger partial charge in [0, 0.05) is 28.2 Å². The fourth-order valence-corrected chi connectivity index (χ4v) is 5.91. The Morgan fingerprint density at radius 1 is 1.05 bits per heavy atom. The predicted molar refractivity (Wildman–Crippen MR) is 148 cm³/mol. The van der Waals surface area contributed by atoms with Gasteiger partial charge in [-0.3, -0.25) is 9.59 Å². The van der Waals surface area contributed by atoms with Crippen molar-refractivity contribution in [3.63, 3.8) is 0 Å². The number of carbonyl (C=O) groups is 2. The Bertz CT molecular complexity index is 1560. The molecule has 3 aromatic carbocycles. The number of thiazole rings is 1. The van der Waals surface area contributed by atoms with Crippen LogP contribution in [0.4, 0.5) is 10.8 Å². The van der Waals surface area contributed by atoms with Crippen molar-refractivity contribution >= 4 is 34.0 Å². The number of anilines is 2. The number of rotatable bonds is 6. The van der Waals surface area contributed by atoms with Gasteiger partial charge < -0.3 is 19.7 Å². The summed E-state index contributed by atoms with van der Waals surface area (Å²) in [5.41, 5.74) is 6.59. The third kappa shape index (κ3) is 4.52. The molecule has 0 fully saturated rings. The molecular weight excluding hydrogens is 498 g/mol. The predicted octanol–water partition coefficient (Wildman–Crippen LogP) is 5.79. The highest BCUT2D eigenvalue weighted by Gasteiger charge is 2.27. The highest BCUT2D eigenvalue weighted by molar-refractivity contribution is 7.16. The average Bonchev–Trinajstić information content (AvgIpc) is 3.65. The summed E-state index contributed by atoms with van der Waals surface area (Å²) in [6, 6.07) is 19.5. The number of ether oxygens (including phenoxy) is 2. The molecule has 7 nitrogen and oxygen atoms in total. The zero-order chi connectivity index (χ0) is 26.2. The van der Waals surface area contributed by atoms with Gasteiger partial charge >= 0.3 is 0 Å². The van der Waals surface area contributed by atoms with E-state index in [1.165, 1.54) is 11.3 Å². The molecule has 38 heavy (non-hydrogen) atoms. The molecule has 3 heterocycles. The molecule has 8 heteroatoms. The van der Waals surface area contributed by atoms with Crippen LogP contribution in [-0.2, 0) is 24.1 Å². The summed E-state index contributed by atoms with van der Waals surface area (Å²) in [7, 11) is 0. The van der Waals surface area contributed by atoms with Crippen molar-refractivity contribution in [1.29, 1.82) is 0 Å². The van der Waals surface area contributed by atoms with Crippen LogP contribution in [-0.4, -0.2) is 30.1 Å². The van der Waals surface area contributed by atoms with E-state index in [4.69, 9.17) is 14.5 Å². The lowest BCUT2D eigenvalue weighted by Crippen LogP contribution is -2.29.